The van der Waals surface area contributed by atoms with Crippen LogP contribution < -0.4 is 15.4 Å². The van der Waals surface area contributed by atoms with Gasteiger partial charge < -0.3 is 20.1 Å². The lowest BCUT2D eigenvalue weighted by Crippen LogP contribution is -2.34. The Morgan fingerprint density at radius 3 is 2.52 bits per heavy atom. The van der Waals surface area contributed by atoms with Crippen LogP contribution in [-0.2, 0) is 4.74 Å². The number of ether oxygens (including phenoxy) is 2. The van der Waals surface area contributed by atoms with E-state index in [9.17, 15) is 4.79 Å². The first kappa shape index (κ1) is 19.3. The maximum atomic E-state index is 11.5. The number of benzene rings is 1. The zero-order valence-electron chi connectivity index (χ0n) is 14.9. The molecule has 0 fully saturated rings. The summed E-state index contributed by atoms with van der Waals surface area (Å²) < 4.78 is 10.6. The third kappa shape index (κ3) is 7.37. The summed E-state index contributed by atoms with van der Waals surface area (Å²) in [6.07, 6.45) is 1.44. The lowest BCUT2D eigenvalue weighted by molar-refractivity contribution is 0.0527. The van der Waals surface area contributed by atoms with Gasteiger partial charge in [-0.25, -0.2) is 4.79 Å². The molecule has 2 N–H and O–H groups in total. The molecule has 1 aromatic carbocycles. The normalized spacial score (nSPS) is 12.6. The van der Waals surface area contributed by atoms with Crippen molar-refractivity contribution in [2.45, 2.75) is 52.2 Å². The first-order chi connectivity index (χ1) is 10.9. The van der Waals surface area contributed by atoms with Crippen LogP contribution in [0.2, 0.25) is 0 Å². The van der Waals surface area contributed by atoms with Gasteiger partial charge in [-0.3, -0.25) is 0 Å². The summed E-state index contributed by atoms with van der Waals surface area (Å²) >= 11 is 0. The highest BCUT2D eigenvalue weighted by molar-refractivity contribution is 5.67. The number of carbonyl (C=O) groups is 1. The Kier molecular flexibility index (Phi) is 7.89. The van der Waals surface area contributed by atoms with Crippen molar-refractivity contribution in [2.24, 2.45) is 0 Å². The molecule has 5 nitrogen and oxygen atoms in total. The smallest absolute Gasteiger partial charge is 0.407 e. The van der Waals surface area contributed by atoms with E-state index in [1.165, 1.54) is 0 Å². The predicted octanol–water partition coefficient (Wildman–Crippen LogP) is 3.65. The Bertz CT molecular complexity index is 483. The van der Waals surface area contributed by atoms with Crippen LogP contribution in [0.25, 0.3) is 0 Å². The molecular formula is C18H30N2O3. The fraction of sp³-hybridized carbons (Fsp3) is 0.611. The van der Waals surface area contributed by atoms with E-state index in [1.807, 2.05) is 39.0 Å². The third-order valence-corrected chi connectivity index (χ3v) is 3.34. The second kappa shape index (κ2) is 9.40. The molecule has 0 aliphatic rings. The molecule has 23 heavy (non-hydrogen) atoms. The third-order valence-electron chi connectivity index (χ3n) is 3.34. The van der Waals surface area contributed by atoms with Gasteiger partial charge in [0.1, 0.15) is 11.4 Å². The number of hydrogen-bond acceptors (Lipinski definition) is 4. The molecule has 1 atom stereocenters. The van der Waals surface area contributed by atoms with Gasteiger partial charge in [0.15, 0.2) is 0 Å². The van der Waals surface area contributed by atoms with Crippen molar-refractivity contribution in [2.75, 3.05) is 20.2 Å². The highest BCUT2D eigenvalue weighted by atomic mass is 16.6. The number of rotatable bonds is 8. The first-order valence-electron chi connectivity index (χ1n) is 8.20. The Morgan fingerprint density at radius 1 is 1.22 bits per heavy atom. The fourth-order valence-corrected chi connectivity index (χ4v) is 2.30. The van der Waals surface area contributed by atoms with Gasteiger partial charge in [0.25, 0.3) is 0 Å². The number of alkyl carbamates (subject to hydrolysis) is 1. The van der Waals surface area contributed by atoms with E-state index in [4.69, 9.17) is 9.47 Å². The summed E-state index contributed by atoms with van der Waals surface area (Å²) in [5.74, 6) is 0.902. The summed E-state index contributed by atoms with van der Waals surface area (Å²) in [4.78, 5) is 11.5. The summed E-state index contributed by atoms with van der Waals surface area (Å²) in [7, 11) is 1.69. The molecule has 0 aromatic heterocycles. The molecule has 0 spiro atoms. The van der Waals surface area contributed by atoms with E-state index in [0.29, 0.717) is 6.54 Å². The van der Waals surface area contributed by atoms with Gasteiger partial charge in [0.05, 0.1) is 7.11 Å². The topological polar surface area (TPSA) is 59.6 Å². The second-order valence-electron chi connectivity index (χ2n) is 6.44. The molecule has 1 aromatic rings. The van der Waals surface area contributed by atoms with E-state index in [1.54, 1.807) is 7.11 Å². The van der Waals surface area contributed by atoms with E-state index < -0.39 is 5.60 Å². The molecule has 0 radical (unpaired) electrons. The van der Waals surface area contributed by atoms with Gasteiger partial charge in [-0.05, 0) is 46.2 Å². The second-order valence-corrected chi connectivity index (χ2v) is 6.44. The van der Waals surface area contributed by atoms with Crippen LogP contribution in [0.15, 0.2) is 24.3 Å². The van der Waals surface area contributed by atoms with Crippen molar-refractivity contribution in [3.8, 4) is 5.75 Å². The molecule has 1 amide bonds. The molecule has 0 bridgehead atoms. The Morgan fingerprint density at radius 2 is 1.91 bits per heavy atom. The van der Waals surface area contributed by atoms with Crippen LogP contribution in [0.1, 0.15) is 52.1 Å². The fourth-order valence-electron chi connectivity index (χ4n) is 2.30. The monoisotopic (exact) mass is 322 g/mol. The van der Waals surface area contributed by atoms with Gasteiger partial charge in [-0.15, -0.1) is 0 Å². The van der Waals surface area contributed by atoms with Crippen LogP contribution in [0, 0.1) is 0 Å². The van der Waals surface area contributed by atoms with E-state index >= 15 is 0 Å². The lowest BCUT2D eigenvalue weighted by atomic mass is 10.0. The summed E-state index contributed by atoms with van der Waals surface area (Å²) in [5, 5.41) is 6.28. The van der Waals surface area contributed by atoms with E-state index in [0.717, 1.165) is 30.7 Å². The first-order valence-corrected chi connectivity index (χ1v) is 8.20. The van der Waals surface area contributed by atoms with Crippen molar-refractivity contribution < 1.29 is 14.3 Å². The zero-order valence-corrected chi connectivity index (χ0v) is 14.9. The maximum Gasteiger partial charge on any atom is 0.407 e. The quantitative estimate of drug-likeness (QED) is 0.717. The highest BCUT2D eigenvalue weighted by Crippen LogP contribution is 2.26. The largest absolute Gasteiger partial charge is 0.496 e. The van der Waals surface area contributed by atoms with Gasteiger partial charge in [-0.2, -0.15) is 0 Å². The van der Waals surface area contributed by atoms with Crippen molar-refractivity contribution in [3.05, 3.63) is 29.8 Å². The highest BCUT2D eigenvalue weighted by Gasteiger charge is 2.16. The molecule has 0 heterocycles. The van der Waals surface area contributed by atoms with E-state index in [2.05, 4.69) is 23.6 Å². The van der Waals surface area contributed by atoms with Gasteiger partial charge >= 0.3 is 6.09 Å². The minimum absolute atomic E-state index is 0.243. The Balaban J connectivity index is 2.35. The number of carbonyl (C=O) groups excluding carboxylic acids is 1. The molecule has 0 aliphatic heterocycles. The van der Waals surface area contributed by atoms with Gasteiger partial charge in [0, 0.05) is 18.2 Å². The summed E-state index contributed by atoms with van der Waals surface area (Å²) in [6.45, 7) is 9.10. The number of nitrogens with one attached hydrogen (secondary N) is 2. The summed E-state index contributed by atoms with van der Waals surface area (Å²) in [6, 6.07) is 8.29. The van der Waals surface area contributed by atoms with Crippen molar-refractivity contribution in [3.63, 3.8) is 0 Å². The molecular weight excluding hydrogens is 292 g/mol. The minimum atomic E-state index is -0.459. The minimum Gasteiger partial charge on any atom is -0.496 e. The Labute approximate surface area is 139 Å². The van der Waals surface area contributed by atoms with Gasteiger partial charge in [-0.1, -0.05) is 25.1 Å². The molecule has 0 saturated heterocycles. The molecule has 5 heteroatoms. The average molecular weight is 322 g/mol. The SMILES string of the molecule is CCC(NCCCNC(=O)OC(C)(C)C)c1ccccc1OC. The molecule has 1 rings (SSSR count). The zero-order chi connectivity index (χ0) is 17.3. The van der Waals surface area contributed by atoms with Gasteiger partial charge in [0.2, 0.25) is 0 Å². The van der Waals surface area contributed by atoms with Crippen LogP contribution in [0.3, 0.4) is 0 Å². The summed E-state index contributed by atoms with van der Waals surface area (Å²) in [5.41, 5.74) is 0.706. The average Bonchev–Trinajstić information content (AvgIpc) is 2.49. The molecule has 0 aliphatic carbocycles. The number of amides is 1. The van der Waals surface area contributed by atoms with E-state index in [-0.39, 0.29) is 12.1 Å². The van der Waals surface area contributed by atoms with Crippen LogP contribution >= 0.6 is 0 Å². The Hall–Kier alpha value is -1.75. The predicted molar refractivity (Wildman–Crippen MR) is 92.9 cm³/mol. The standard InChI is InChI=1S/C18H30N2O3/c1-6-15(14-10-7-8-11-16(14)22-5)19-12-9-13-20-17(21)23-18(2,3)4/h7-8,10-11,15,19H,6,9,12-13H2,1-5H3,(H,20,21). The molecule has 1 unspecified atom stereocenters. The number of methoxy groups -OCH3 is 1. The van der Waals surface area contributed by atoms with Crippen molar-refractivity contribution in [1.82, 2.24) is 10.6 Å². The molecule has 130 valence electrons. The van der Waals surface area contributed by atoms with Crippen LogP contribution in [0.4, 0.5) is 4.79 Å². The molecule has 0 saturated carbocycles. The van der Waals surface area contributed by atoms with Crippen molar-refractivity contribution in [1.29, 1.82) is 0 Å². The lowest BCUT2D eigenvalue weighted by Gasteiger charge is -2.21. The van der Waals surface area contributed by atoms with Crippen LogP contribution in [-0.4, -0.2) is 31.9 Å². The number of para-hydroxylation sites is 1. The van der Waals surface area contributed by atoms with Crippen molar-refractivity contribution >= 4 is 6.09 Å². The number of hydrogen-bond donors (Lipinski definition) is 2. The maximum absolute atomic E-state index is 11.5. The van der Waals surface area contributed by atoms with Crippen LogP contribution in [0.5, 0.6) is 5.75 Å².